The molecule has 0 aliphatic heterocycles. The standard InChI is InChI=1S/C13H17NO2/c15-13(16)12(10-6-2-1-3-7-10)14-11-8-4-5-9-11/h1-3,6-7,11-12,14H,4-5,8-9H2,(H,15,16)/t12-/m1/s1. The van der Waals surface area contributed by atoms with Crippen molar-refractivity contribution in [2.24, 2.45) is 0 Å². The molecule has 0 bridgehead atoms. The average Bonchev–Trinajstić information content (AvgIpc) is 2.79. The van der Waals surface area contributed by atoms with Gasteiger partial charge in [-0.25, -0.2) is 0 Å². The molecule has 1 aliphatic carbocycles. The quantitative estimate of drug-likeness (QED) is 0.817. The Kier molecular flexibility index (Phi) is 3.57. The van der Waals surface area contributed by atoms with Crippen molar-refractivity contribution in [3.05, 3.63) is 35.9 Å². The molecule has 0 aromatic heterocycles. The highest BCUT2D eigenvalue weighted by atomic mass is 16.4. The molecule has 1 saturated carbocycles. The summed E-state index contributed by atoms with van der Waals surface area (Å²) in [6.07, 6.45) is 4.60. The largest absolute Gasteiger partial charge is 0.480 e. The van der Waals surface area contributed by atoms with E-state index in [9.17, 15) is 9.90 Å². The molecule has 0 amide bonds. The maximum atomic E-state index is 11.2. The van der Waals surface area contributed by atoms with E-state index in [1.807, 2.05) is 30.3 Å². The van der Waals surface area contributed by atoms with Crippen LogP contribution >= 0.6 is 0 Å². The second kappa shape index (κ2) is 5.12. The fourth-order valence-corrected chi connectivity index (χ4v) is 2.28. The number of hydrogen-bond acceptors (Lipinski definition) is 2. The Morgan fingerprint density at radius 3 is 2.44 bits per heavy atom. The van der Waals surface area contributed by atoms with E-state index < -0.39 is 12.0 Å². The highest BCUT2D eigenvalue weighted by Gasteiger charge is 2.24. The van der Waals surface area contributed by atoms with Gasteiger partial charge in [0, 0.05) is 6.04 Å². The number of hydrogen-bond donors (Lipinski definition) is 2. The first kappa shape index (κ1) is 11.1. The monoisotopic (exact) mass is 219 g/mol. The summed E-state index contributed by atoms with van der Waals surface area (Å²) < 4.78 is 0. The molecule has 1 aromatic rings. The van der Waals surface area contributed by atoms with E-state index in [1.54, 1.807) is 0 Å². The molecule has 16 heavy (non-hydrogen) atoms. The number of carbonyl (C=O) groups is 1. The fourth-order valence-electron chi connectivity index (χ4n) is 2.28. The lowest BCUT2D eigenvalue weighted by Gasteiger charge is -2.19. The molecule has 1 aromatic carbocycles. The van der Waals surface area contributed by atoms with Crippen molar-refractivity contribution in [3.8, 4) is 0 Å². The Morgan fingerprint density at radius 2 is 1.88 bits per heavy atom. The van der Waals surface area contributed by atoms with Crippen molar-refractivity contribution in [3.63, 3.8) is 0 Å². The summed E-state index contributed by atoms with van der Waals surface area (Å²) in [5.74, 6) is -0.793. The summed E-state index contributed by atoms with van der Waals surface area (Å²) in [7, 11) is 0. The molecule has 2 rings (SSSR count). The molecule has 3 nitrogen and oxygen atoms in total. The van der Waals surface area contributed by atoms with Crippen molar-refractivity contribution in [1.82, 2.24) is 5.32 Å². The van der Waals surface area contributed by atoms with E-state index in [4.69, 9.17) is 0 Å². The Hall–Kier alpha value is -1.35. The molecule has 0 radical (unpaired) electrons. The summed E-state index contributed by atoms with van der Waals surface area (Å²) in [5, 5.41) is 12.5. The third kappa shape index (κ3) is 2.61. The predicted octanol–water partition coefficient (Wildman–Crippen LogP) is 2.34. The first-order valence-electron chi connectivity index (χ1n) is 5.81. The Morgan fingerprint density at radius 1 is 1.25 bits per heavy atom. The van der Waals surface area contributed by atoms with Gasteiger partial charge in [0.1, 0.15) is 6.04 Å². The molecule has 1 aliphatic rings. The Bertz CT molecular complexity index is 344. The van der Waals surface area contributed by atoms with Crippen LogP contribution in [0.3, 0.4) is 0 Å². The molecule has 0 saturated heterocycles. The van der Waals surface area contributed by atoms with Gasteiger partial charge < -0.3 is 5.11 Å². The zero-order valence-electron chi connectivity index (χ0n) is 9.23. The van der Waals surface area contributed by atoms with Crippen LogP contribution in [0.4, 0.5) is 0 Å². The number of carboxylic acids is 1. The SMILES string of the molecule is O=C(O)[C@H](NC1CCCC1)c1ccccc1. The van der Waals surface area contributed by atoms with Crippen LogP contribution in [0.1, 0.15) is 37.3 Å². The molecule has 86 valence electrons. The number of benzene rings is 1. The van der Waals surface area contributed by atoms with Crippen molar-refractivity contribution in [2.45, 2.75) is 37.8 Å². The summed E-state index contributed by atoms with van der Waals surface area (Å²) >= 11 is 0. The minimum absolute atomic E-state index is 0.362. The van der Waals surface area contributed by atoms with Crippen molar-refractivity contribution in [2.75, 3.05) is 0 Å². The molecular formula is C13H17NO2. The molecule has 0 unspecified atom stereocenters. The summed E-state index contributed by atoms with van der Waals surface area (Å²) in [6, 6.07) is 9.17. The molecule has 0 spiro atoms. The number of nitrogens with one attached hydrogen (secondary N) is 1. The first-order valence-corrected chi connectivity index (χ1v) is 5.81. The second-order valence-corrected chi connectivity index (χ2v) is 4.33. The van der Waals surface area contributed by atoms with Gasteiger partial charge in [0.25, 0.3) is 0 Å². The second-order valence-electron chi connectivity index (χ2n) is 4.33. The van der Waals surface area contributed by atoms with Gasteiger partial charge in [0.2, 0.25) is 0 Å². The third-order valence-electron chi connectivity index (χ3n) is 3.14. The lowest BCUT2D eigenvalue weighted by atomic mass is 10.1. The van der Waals surface area contributed by atoms with E-state index in [0.717, 1.165) is 18.4 Å². The highest BCUT2D eigenvalue weighted by molar-refractivity contribution is 5.75. The van der Waals surface area contributed by atoms with Crippen LogP contribution in [0.2, 0.25) is 0 Å². The lowest BCUT2D eigenvalue weighted by Crippen LogP contribution is -2.35. The van der Waals surface area contributed by atoms with Crippen LogP contribution < -0.4 is 5.32 Å². The van der Waals surface area contributed by atoms with Crippen LogP contribution in [-0.2, 0) is 4.79 Å². The van der Waals surface area contributed by atoms with Gasteiger partial charge in [0.15, 0.2) is 0 Å². The topological polar surface area (TPSA) is 49.3 Å². The van der Waals surface area contributed by atoms with E-state index in [-0.39, 0.29) is 0 Å². The Labute approximate surface area is 95.5 Å². The van der Waals surface area contributed by atoms with Crippen LogP contribution in [0.15, 0.2) is 30.3 Å². The minimum Gasteiger partial charge on any atom is -0.480 e. The highest BCUT2D eigenvalue weighted by Crippen LogP contribution is 2.22. The van der Waals surface area contributed by atoms with Gasteiger partial charge in [-0.3, -0.25) is 10.1 Å². The van der Waals surface area contributed by atoms with Gasteiger partial charge in [-0.05, 0) is 18.4 Å². The predicted molar refractivity (Wildman–Crippen MR) is 62.2 cm³/mol. The van der Waals surface area contributed by atoms with E-state index in [2.05, 4.69) is 5.32 Å². The van der Waals surface area contributed by atoms with Gasteiger partial charge in [-0.1, -0.05) is 43.2 Å². The van der Waals surface area contributed by atoms with Crippen molar-refractivity contribution in [1.29, 1.82) is 0 Å². The smallest absolute Gasteiger partial charge is 0.325 e. The maximum Gasteiger partial charge on any atom is 0.325 e. The minimum atomic E-state index is -0.793. The molecule has 0 heterocycles. The Balaban J connectivity index is 2.08. The third-order valence-corrected chi connectivity index (χ3v) is 3.14. The zero-order valence-corrected chi connectivity index (χ0v) is 9.23. The van der Waals surface area contributed by atoms with Gasteiger partial charge in [-0.15, -0.1) is 0 Å². The maximum absolute atomic E-state index is 11.2. The lowest BCUT2D eigenvalue weighted by molar-refractivity contribution is -0.139. The normalized spacial score (nSPS) is 18.5. The number of aliphatic carboxylic acids is 1. The number of carboxylic acid groups (broad SMARTS) is 1. The first-order chi connectivity index (χ1) is 7.77. The van der Waals surface area contributed by atoms with Gasteiger partial charge >= 0.3 is 5.97 Å². The van der Waals surface area contributed by atoms with E-state index >= 15 is 0 Å². The average molecular weight is 219 g/mol. The van der Waals surface area contributed by atoms with Crippen LogP contribution in [-0.4, -0.2) is 17.1 Å². The molecule has 1 atom stereocenters. The van der Waals surface area contributed by atoms with E-state index in [1.165, 1.54) is 12.8 Å². The van der Waals surface area contributed by atoms with Gasteiger partial charge in [0.05, 0.1) is 0 Å². The molecule has 3 heteroatoms. The van der Waals surface area contributed by atoms with Gasteiger partial charge in [-0.2, -0.15) is 0 Å². The van der Waals surface area contributed by atoms with Crippen molar-refractivity contribution < 1.29 is 9.90 Å². The molecule has 2 N–H and O–H groups in total. The summed E-state index contributed by atoms with van der Waals surface area (Å²) in [4.78, 5) is 11.2. The summed E-state index contributed by atoms with van der Waals surface area (Å²) in [5.41, 5.74) is 0.835. The van der Waals surface area contributed by atoms with Crippen molar-refractivity contribution >= 4 is 5.97 Å². The van der Waals surface area contributed by atoms with Crippen LogP contribution in [0, 0.1) is 0 Å². The molecular weight excluding hydrogens is 202 g/mol. The molecule has 1 fully saturated rings. The zero-order chi connectivity index (χ0) is 11.4. The van der Waals surface area contributed by atoms with Crippen LogP contribution in [0.25, 0.3) is 0 Å². The fraction of sp³-hybridized carbons (Fsp3) is 0.462. The number of rotatable bonds is 4. The summed E-state index contributed by atoms with van der Waals surface area (Å²) in [6.45, 7) is 0. The van der Waals surface area contributed by atoms with E-state index in [0.29, 0.717) is 6.04 Å². The van der Waals surface area contributed by atoms with Crippen LogP contribution in [0.5, 0.6) is 0 Å².